The van der Waals surface area contributed by atoms with E-state index in [-0.39, 0.29) is 6.61 Å². The van der Waals surface area contributed by atoms with Crippen LogP contribution in [0.3, 0.4) is 0 Å². The number of hydrogen-bond acceptors (Lipinski definition) is 5. The molecule has 1 aromatic carbocycles. The van der Waals surface area contributed by atoms with Gasteiger partial charge in [-0.15, -0.1) is 0 Å². The van der Waals surface area contributed by atoms with Crippen LogP contribution in [0, 0.1) is 0 Å². The third kappa shape index (κ3) is 4.52. The molecule has 0 aliphatic carbocycles. The lowest BCUT2D eigenvalue weighted by Gasteiger charge is -2.14. The monoisotopic (exact) mass is 256 g/mol. The molecule has 0 radical (unpaired) electrons. The molecule has 102 valence electrons. The molecule has 0 heterocycles. The molecule has 0 unspecified atom stereocenters. The van der Waals surface area contributed by atoms with Gasteiger partial charge in [0.2, 0.25) is 0 Å². The van der Waals surface area contributed by atoms with Crippen LogP contribution in [0.2, 0.25) is 0 Å². The van der Waals surface area contributed by atoms with Crippen LogP contribution in [-0.4, -0.2) is 43.8 Å². The Bertz CT molecular complexity index is 351. The summed E-state index contributed by atoms with van der Waals surface area (Å²) in [6, 6.07) is 5.28. The van der Waals surface area contributed by atoms with E-state index < -0.39 is 6.10 Å². The van der Waals surface area contributed by atoms with Crippen molar-refractivity contribution < 1.29 is 24.4 Å². The van der Waals surface area contributed by atoms with Crippen molar-refractivity contribution in [1.29, 1.82) is 0 Å². The number of ether oxygens (including phenoxy) is 3. The first-order valence-electron chi connectivity index (χ1n) is 5.86. The predicted octanol–water partition coefficient (Wildman–Crippen LogP) is 1.14. The highest BCUT2D eigenvalue weighted by Crippen LogP contribution is 2.29. The fourth-order valence-corrected chi connectivity index (χ4v) is 1.49. The van der Waals surface area contributed by atoms with E-state index in [1.165, 1.54) is 0 Å². The molecule has 0 saturated carbocycles. The van der Waals surface area contributed by atoms with Crippen molar-refractivity contribution in [2.75, 3.05) is 33.5 Å². The summed E-state index contributed by atoms with van der Waals surface area (Å²) in [4.78, 5) is 0. The smallest absolute Gasteiger partial charge is 0.128 e. The van der Waals surface area contributed by atoms with Crippen molar-refractivity contribution in [3.05, 3.63) is 23.8 Å². The third-order valence-corrected chi connectivity index (χ3v) is 2.39. The number of rotatable bonds is 8. The van der Waals surface area contributed by atoms with Gasteiger partial charge < -0.3 is 24.4 Å². The zero-order valence-electron chi connectivity index (χ0n) is 10.8. The Morgan fingerprint density at radius 1 is 1.22 bits per heavy atom. The lowest BCUT2D eigenvalue weighted by atomic mass is 10.1. The summed E-state index contributed by atoms with van der Waals surface area (Å²) in [5.74, 6) is 1.25. The molecule has 18 heavy (non-hydrogen) atoms. The molecule has 5 nitrogen and oxygen atoms in total. The van der Waals surface area contributed by atoms with Gasteiger partial charge in [-0.2, -0.15) is 0 Å². The Hall–Kier alpha value is -1.30. The van der Waals surface area contributed by atoms with Gasteiger partial charge in [0, 0.05) is 11.6 Å². The first-order valence-corrected chi connectivity index (χ1v) is 5.86. The number of aliphatic hydroxyl groups excluding tert-OH is 2. The van der Waals surface area contributed by atoms with Crippen LogP contribution in [0.25, 0.3) is 0 Å². The van der Waals surface area contributed by atoms with Crippen LogP contribution in [0.4, 0.5) is 0 Å². The normalized spacial score (nSPS) is 12.2. The molecule has 0 spiro atoms. The van der Waals surface area contributed by atoms with Crippen molar-refractivity contribution in [1.82, 2.24) is 0 Å². The van der Waals surface area contributed by atoms with Gasteiger partial charge in [-0.05, 0) is 19.1 Å². The van der Waals surface area contributed by atoms with E-state index in [1.807, 2.05) is 0 Å². The topological polar surface area (TPSA) is 68.2 Å². The molecule has 2 N–H and O–H groups in total. The fourth-order valence-electron chi connectivity index (χ4n) is 1.49. The van der Waals surface area contributed by atoms with Gasteiger partial charge in [-0.3, -0.25) is 0 Å². The SMILES string of the molecule is COc1ccc([C@@H](C)O)c(OCCOCCO)c1. The second-order valence-electron chi connectivity index (χ2n) is 3.76. The summed E-state index contributed by atoms with van der Waals surface area (Å²) in [6.45, 7) is 2.71. The van der Waals surface area contributed by atoms with Gasteiger partial charge in [-0.25, -0.2) is 0 Å². The predicted molar refractivity (Wildman–Crippen MR) is 67.0 cm³/mol. The second-order valence-corrected chi connectivity index (χ2v) is 3.76. The molecule has 5 heteroatoms. The quantitative estimate of drug-likeness (QED) is 0.683. The number of methoxy groups -OCH3 is 1. The molecule has 0 aliphatic rings. The lowest BCUT2D eigenvalue weighted by molar-refractivity contribution is 0.0695. The van der Waals surface area contributed by atoms with E-state index in [4.69, 9.17) is 19.3 Å². The van der Waals surface area contributed by atoms with Crippen LogP contribution in [0.1, 0.15) is 18.6 Å². The average molecular weight is 256 g/mol. The number of hydrogen-bond donors (Lipinski definition) is 2. The summed E-state index contributed by atoms with van der Waals surface area (Å²) in [6.07, 6.45) is -0.607. The molecule has 0 aliphatic heterocycles. The maximum Gasteiger partial charge on any atom is 0.128 e. The second kappa shape index (κ2) is 7.92. The largest absolute Gasteiger partial charge is 0.497 e. The highest BCUT2D eigenvalue weighted by atomic mass is 16.5. The molecular weight excluding hydrogens is 236 g/mol. The molecule has 0 bridgehead atoms. The highest BCUT2D eigenvalue weighted by molar-refractivity contribution is 5.41. The Balaban J connectivity index is 2.60. The number of benzene rings is 1. The molecule has 0 fully saturated rings. The van der Waals surface area contributed by atoms with Crippen LogP contribution in [-0.2, 0) is 4.74 Å². The van der Waals surface area contributed by atoms with Gasteiger partial charge in [0.25, 0.3) is 0 Å². The molecular formula is C13H20O5. The van der Waals surface area contributed by atoms with Crippen molar-refractivity contribution in [2.24, 2.45) is 0 Å². The van der Waals surface area contributed by atoms with Gasteiger partial charge in [-0.1, -0.05) is 0 Å². The number of aliphatic hydroxyl groups is 2. The molecule has 1 atom stereocenters. The maximum absolute atomic E-state index is 9.62. The van der Waals surface area contributed by atoms with E-state index in [2.05, 4.69) is 0 Å². The van der Waals surface area contributed by atoms with Crippen LogP contribution < -0.4 is 9.47 Å². The van der Waals surface area contributed by atoms with E-state index in [9.17, 15) is 5.11 Å². The average Bonchev–Trinajstić information content (AvgIpc) is 2.38. The Labute approximate surface area is 107 Å². The first-order chi connectivity index (χ1) is 8.69. The van der Waals surface area contributed by atoms with E-state index >= 15 is 0 Å². The van der Waals surface area contributed by atoms with Crippen molar-refractivity contribution in [3.63, 3.8) is 0 Å². The van der Waals surface area contributed by atoms with Crippen molar-refractivity contribution in [3.8, 4) is 11.5 Å². The standard InChI is InChI=1S/C13H20O5/c1-10(15)12-4-3-11(16-2)9-13(12)18-8-7-17-6-5-14/h3-4,9-10,14-15H,5-8H2,1-2H3/t10-/m1/s1. The zero-order valence-corrected chi connectivity index (χ0v) is 10.8. The minimum Gasteiger partial charge on any atom is -0.497 e. The first kappa shape index (κ1) is 14.8. The minimum atomic E-state index is -0.607. The highest BCUT2D eigenvalue weighted by Gasteiger charge is 2.10. The lowest BCUT2D eigenvalue weighted by Crippen LogP contribution is -2.10. The summed E-state index contributed by atoms with van der Waals surface area (Å²) < 4.78 is 15.7. The zero-order chi connectivity index (χ0) is 13.4. The minimum absolute atomic E-state index is 0.00190. The van der Waals surface area contributed by atoms with E-state index in [0.29, 0.717) is 36.9 Å². The van der Waals surface area contributed by atoms with Gasteiger partial charge in [0.05, 0.1) is 33.0 Å². The van der Waals surface area contributed by atoms with E-state index in [1.54, 1.807) is 32.2 Å². The fraction of sp³-hybridized carbons (Fsp3) is 0.538. The summed E-state index contributed by atoms with van der Waals surface area (Å²) >= 11 is 0. The molecule has 1 rings (SSSR count). The van der Waals surface area contributed by atoms with Crippen LogP contribution in [0.15, 0.2) is 18.2 Å². The third-order valence-electron chi connectivity index (χ3n) is 2.39. The summed E-state index contributed by atoms with van der Waals surface area (Å²) in [5.41, 5.74) is 0.706. The Morgan fingerprint density at radius 2 is 2.00 bits per heavy atom. The van der Waals surface area contributed by atoms with E-state index in [0.717, 1.165) is 0 Å². The molecule has 1 aromatic rings. The van der Waals surface area contributed by atoms with Crippen molar-refractivity contribution in [2.45, 2.75) is 13.0 Å². The summed E-state index contributed by atoms with van der Waals surface area (Å²) in [7, 11) is 1.57. The molecule has 0 amide bonds. The summed E-state index contributed by atoms with van der Waals surface area (Å²) in [5, 5.41) is 18.2. The Kier molecular flexibility index (Phi) is 6.49. The Morgan fingerprint density at radius 3 is 2.61 bits per heavy atom. The van der Waals surface area contributed by atoms with Crippen LogP contribution >= 0.6 is 0 Å². The van der Waals surface area contributed by atoms with Gasteiger partial charge in [0.15, 0.2) is 0 Å². The van der Waals surface area contributed by atoms with Crippen LogP contribution in [0.5, 0.6) is 11.5 Å². The molecule has 0 aromatic heterocycles. The van der Waals surface area contributed by atoms with Gasteiger partial charge >= 0.3 is 0 Å². The van der Waals surface area contributed by atoms with Gasteiger partial charge in [0.1, 0.15) is 18.1 Å². The molecule has 0 saturated heterocycles. The maximum atomic E-state index is 9.62. The van der Waals surface area contributed by atoms with Crippen molar-refractivity contribution >= 4 is 0 Å².